The smallest absolute Gasteiger partial charge is 0.264 e. The van der Waals surface area contributed by atoms with Crippen molar-refractivity contribution in [1.82, 2.24) is 24.8 Å². The third kappa shape index (κ3) is 3.45. The number of nitrogen functional groups attached to an aromatic ring is 1. The van der Waals surface area contributed by atoms with Crippen molar-refractivity contribution < 1.29 is 4.79 Å². The van der Waals surface area contributed by atoms with Crippen LogP contribution in [-0.4, -0.2) is 56.9 Å². The highest BCUT2D eigenvalue weighted by Gasteiger charge is 2.25. The molecule has 2 N–H and O–H groups in total. The van der Waals surface area contributed by atoms with Gasteiger partial charge >= 0.3 is 0 Å². The molecule has 0 aromatic carbocycles. The highest BCUT2D eigenvalue weighted by Crippen LogP contribution is 2.32. The van der Waals surface area contributed by atoms with Crippen LogP contribution in [0.4, 0.5) is 10.9 Å². The van der Waals surface area contributed by atoms with E-state index in [9.17, 15) is 4.79 Å². The van der Waals surface area contributed by atoms with Crippen LogP contribution in [0.2, 0.25) is 0 Å². The molecule has 29 heavy (non-hydrogen) atoms. The third-order valence-corrected chi connectivity index (χ3v) is 7.51. The molecule has 1 aliphatic rings. The van der Waals surface area contributed by atoms with Gasteiger partial charge in [0, 0.05) is 48.8 Å². The van der Waals surface area contributed by atoms with Gasteiger partial charge in [-0.3, -0.25) is 4.79 Å². The zero-order valence-corrected chi connectivity index (χ0v) is 18.0. The first kappa shape index (κ1) is 18.4. The van der Waals surface area contributed by atoms with Gasteiger partial charge in [0.05, 0.1) is 10.3 Å². The molecule has 0 radical (unpaired) electrons. The maximum Gasteiger partial charge on any atom is 0.264 e. The number of thiazole rings is 2. The number of rotatable bonds is 3. The highest BCUT2D eigenvalue weighted by atomic mass is 32.1. The summed E-state index contributed by atoms with van der Waals surface area (Å²) in [4.78, 5) is 36.3. The maximum absolute atomic E-state index is 13.0. The van der Waals surface area contributed by atoms with Gasteiger partial charge in [-0.15, -0.1) is 34.0 Å². The largest absolute Gasteiger partial charge is 0.383 e. The number of hydrogen-bond donors (Lipinski definition) is 1. The minimum Gasteiger partial charge on any atom is -0.383 e. The highest BCUT2D eigenvalue weighted by molar-refractivity contribution is 7.20. The van der Waals surface area contributed by atoms with E-state index in [1.165, 1.54) is 22.7 Å². The number of anilines is 2. The van der Waals surface area contributed by atoms with E-state index in [2.05, 4.69) is 24.8 Å². The summed E-state index contributed by atoms with van der Waals surface area (Å²) in [6.45, 7) is 4.81. The van der Waals surface area contributed by atoms with Crippen LogP contribution in [0.25, 0.3) is 21.0 Å². The molecule has 5 rings (SSSR count). The summed E-state index contributed by atoms with van der Waals surface area (Å²) < 4.78 is 0. The van der Waals surface area contributed by atoms with E-state index in [-0.39, 0.29) is 5.91 Å². The molecule has 5 heterocycles. The van der Waals surface area contributed by atoms with Crippen molar-refractivity contribution in [2.75, 3.05) is 36.8 Å². The number of piperazine rings is 1. The second-order valence-corrected chi connectivity index (χ2v) is 9.41. The van der Waals surface area contributed by atoms with Gasteiger partial charge in [0.1, 0.15) is 10.6 Å². The molecule has 148 valence electrons. The lowest BCUT2D eigenvalue weighted by molar-refractivity contribution is 0.0751. The summed E-state index contributed by atoms with van der Waals surface area (Å²) >= 11 is 4.46. The van der Waals surface area contributed by atoms with Crippen molar-refractivity contribution in [1.29, 1.82) is 0 Å². The zero-order chi connectivity index (χ0) is 20.0. The zero-order valence-electron chi connectivity index (χ0n) is 15.5. The number of thiophene rings is 1. The van der Waals surface area contributed by atoms with E-state index in [4.69, 9.17) is 5.73 Å². The predicted molar refractivity (Wildman–Crippen MR) is 118 cm³/mol. The molecule has 0 unspecified atom stereocenters. The lowest BCUT2D eigenvalue weighted by Gasteiger charge is -2.34. The Kier molecular flexibility index (Phi) is 4.64. The molecule has 0 bridgehead atoms. The average molecular weight is 444 g/mol. The van der Waals surface area contributed by atoms with Crippen LogP contribution in [0, 0.1) is 6.92 Å². The monoisotopic (exact) mass is 443 g/mol. The fraction of sp³-hybridized carbons (Fsp3) is 0.278. The van der Waals surface area contributed by atoms with E-state index in [1.54, 1.807) is 17.5 Å². The van der Waals surface area contributed by atoms with Crippen molar-refractivity contribution in [3.63, 3.8) is 0 Å². The fourth-order valence-electron chi connectivity index (χ4n) is 3.23. The molecule has 8 nitrogen and oxygen atoms in total. The van der Waals surface area contributed by atoms with Crippen molar-refractivity contribution in [3.8, 4) is 10.8 Å². The number of nitrogens with two attached hydrogens (primary N) is 1. The summed E-state index contributed by atoms with van der Waals surface area (Å²) in [7, 11) is 0. The number of aryl methyl sites for hydroxylation is 1. The van der Waals surface area contributed by atoms with Crippen molar-refractivity contribution in [2.45, 2.75) is 6.92 Å². The number of aromatic nitrogens is 4. The first-order valence-electron chi connectivity index (χ1n) is 9.02. The topological polar surface area (TPSA) is 101 Å². The molecule has 4 aromatic rings. The minimum absolute atomic E-state index is 0.0119. The predicted octanol–water partition coefficient (Wildman–Crippen LogP) is 3.12. The van der Waals surface area contributed by atoms with E-state index < -0.39 is 0 Å². The number of amides is 1. The second-order valence-electron chi connectivity index (χ2n) is 6.65. The average Bonchev–Trinajstić information content (AvgIpc) is 3.48. The molecule has 0 spiro atoms. The lowest BCUT2D eigenvalue weighted by Crippen LogP contribution is -2.48. The first-order valence-corrected chi connectivity index (χ1v) is 11.6. The Labute approximate surface area is 178 Å². The molecule has 1 fully saturated rings. The molecule has 1 amide bonds. The van der Waals surface area contributed by atoms with Gasteiger partial charge in [-0.05, 0) is 13.0 Å². The van der Waals surface area contributed by atoms with Crippen LogP contribution in [0.5, 0.6) is 0 Å². The number of hydrogen-bond acceptors (Lipinski definition) is 10. The van der Waals surface area contributed by atoms with E-state index in [0.29, 0.717) is 34.4 Å². The van der Waals surface area contributed by atoms with Gasteiger partial charge in [-0.25, -0.2) is 19.9 Å². The van der Waals surface area contributed by atoms with Crippen molar-refractivity contribution in [3.05, 3.63) is 33.6 Å². The summed E-state index contributed by atoms with van der Waals surface area (Å²) in [5, 5.41) is 6.38. The molecule has 4 aromatic heterocycles. The standard InChI is InChI=1S/C18H17N7OS3/c1-10-9-28-16(21-10)14-22-13(19)11-8-12(29-15(11)23-14)17(26)24-3-5-25(6-4-24)18-20-2-7-27-18/h2,7-9H,3-6H2,1H3,(H2,19,22,23). The Hall–Kier alpha value is -2.63. The van der Waals surface area contributed by atoms with E-state index in [0.717, 1.165) is 34.3 Å². The van der Waals surface area contributed by atoms with Crippen LogP contribution in [-0.2, 0) is 0 Å². The lowest BCUT2D eigenvalue weighted by atomic mass is 10.3. The van der Waals surface area contributed by atoms with Gasteiger partial charge in [-0.1, -0.05) is 0 Å². The summed E-state index contributed by atoms with van der Waals surface area (Å²) in [5.74, 6) is 0.894. The van der Waals surface area contributed by atoms with Gasteiger partial charge in [-0.2, -0.15) is 0 Å². The number of fused-ring (bicyclic) bond motifs is 1. The Bertz CT molecular complexity index is 1180. The molecule has 0 atom stereocenters. The van der Waals surface area contributed by atoms with Gasteiger partial charge in [0.25, 0.3) is 5.91 Å². The molecular formula is C18H17N7OS3. The quantitative estimate of drug-likeness (QED) is 0.519. The second kappa shape index (κ2) is 7.32. The fourth-order valence-corrected chi connectivity index (χ4v) is 5.66. The molecule has 11 heteroatoms. The number of carbonyl (C=O) groups is 1. The van der Waals surface area contributed by atoms with Crippen LogP contribution in [0.1, 0.15) is 15.4 Å². The molecule has 1 aliphatic heterocycles. The van der Waals surface area contributed by atoms with Crippen LogP contribution in [0.15, 0.2) is 23.0 Å². The Morgan fingerprint density at radius 3 is 2.66 bits per heavy atom. The Morgan fingerprint density at radius 2 is 1.97 bits per heavy atom. The van der Waals surface area contributed by atoms with Crippen molar-refractivity contribution in [2.24, 2.45) is 0 Å². The minimum atomic E-state index is 0.0119. The number of carbonyl (C=O) groups excluding carboxylic acids is 1. The van der Waals surface area contributed by atoms with Crippen LogP contribution in [0.3, 0.4) is 0 Å². The van der Waals surface area contributed by atoms with Gasteiger partial charge in [0.2, 0.25) is 0 Å². The third-order valence-electron chi connectivity index (χ3n) is 4.70. The first-order chi connectivity index (χ1) is 14.1. The summed E-state index contributed by atoms with van der Waals surface area (Å²) in [6, 6.07) is 1.81. The van der Waals surface area contributed by atoms with Crippen LogP contribution < -0.4 is 10.6 Å². The molecule has 0 aliphatic carbocycles. The van der Waals surface area contributed by atoms with Gasteiger partial charge < -0.3 is 15.5 Å². The Morgan fingerprint density at radius 1 is 1.14 bits per heavy atom. The van der Waals surface area contributed by atoms with E-state index >= 15 is 0 Å². The molecule has 0 saturated carbocycles. The van der Waals surface area contributed by atoms with Gasteiger partial charge in [0.15, 0.2) is 16.0 Å². The normalized spacial score (nSPS) is 14.7. The maximum atomic E-state index is 13.0. The summed E-state index contributed by atoms with van der Waals surface area (Å²) in [6.07, 6.45) is 1.81. The van der Waals surface area contributed by atoms with Crippen LogP contribution >= 0.6 is 34.0 Å². The Balaban J connectivity index is 1.37. The number of nitrogens with zero attached hydrogens (tertiary/aromatic N) is 6. The van der Waals surface area contributed by atoms with E-state index in [1.807, 2.05) is 28.7 Å². The molecular weight excluding hydrogens is 426 g/mol. The molecule has 1 saturated heterocycles. The SMILES string of the molecule is Cc1csc(-c2nc(N)c3cc(C(=O)N4CCN(c5nccs5)CC4)sc3n2)n1. The summed E-state index contributed by atoms with van der Waals surface area (Å²) in [5.41, 5.74) is 7.08. The van der Waals surface area contributed by atoms with Crippen molar-refractivity contribution >= 4 is 61.1 Å².